The maximum Gasteiger partial charge on any atom is 0.337 e. The van der Waals surface area contributed by atoms with Crippen molar-refractivity contribution in [3.63, 3.8) is 0 Å². The lowest BCUT2D eigenvalue weighted by molar-refractivity contribution is -0.130. The molecule has 2 aromatic heterocycles. The molecule has 23 heavy (non-hydrogen) atoms. The Labute approximate surface area is 142 Å². The van der Waals surface area contributed by atoms with Gasteiger partial charge in [0, 0.05) is 18.0 Å². The molecule has 0 unspecified atom stereocenters. The topological polar surface area (TPSA) is 74.7 Å². The van der Waals surface area contributed by atoms with Crippen LogP contribution in [0, 0.1) is 0 Å². The molecule has 0 spiro atoms. The minimum atomic E-state index is -3.51. The molecule has 1 aliphatic heterocycles. The van der Waals surface area contributed by atoms with Crippen LogP contribution in [0.25, 0.3) is 11.6 Å². The second kappa shape index (κ2) is 6.56. The number of aliphatic carboxylic acids is 1. The van der Waals surface area contributed by atoms with Gasteiger partial charge < -0.3 is 5.11 Å². The van der Waals surface area contributed by atoms with Gasteiger partial charge in [0.2, 0.25) is 0 Å². The van der Waals surface area contributed by atoms with E-state index in [0.29, 0.717) is 18.0 Å². The normalized spacial score (nSPS) is 16.8. The Hall–Kier alpha value is -1.48. The van der Waals surface area contributed by atoms with Gasteiger partial charge in [-0.1, -0.05) is 0 Å². The molecule has 8 heteroatoms. The van der Waals surface area contributed by atoms with Crippen molar-refractivity contribution in [3.05, 3.63) is 39.4 Å². The summed E-state index contributed by atoms with van der Waals surface area (Å²) in [6.45, 7) is 1.07. The number of hydrogen-bond acceptors (Lipinski definition) is 5. The maximum atomic E-state index is 12.5. The van der Waals surface area contributed by atoms with E-state index in [-0.39, 0.29) is 9.78 Å². The van der Waals surface area contributed by atoms with Gasteiger partial charge in [-0.05, 0) is 53.4 Å². The molecule has 0 bridgehead atoms. The summed E-state index contributed by atoms with van der Waals surface area (Å²) in [7, 11) is -3.51. The third-order valence-corrected chi connectivity index (χ3v) is 7.78. The quantitative estimate of drug-likeness (QED) is 0.821. The number of thiophene rings is 2. The van der Waals surface area contributed by atoms with Crippen molar-refractivity contribution in [1.29, 1.82) is 0 Å². The first kappa shape index (κ1) is 16.4. The van der Waals surface area contributed by atoms with E-state index in [4.69, 9.17) is 0 Å². The summed E-state index contributed by atoms with van der Waals surface area (Å²) in [5.74, 6) is -1.07. The average Bonchev–Trinajstić information content (AvgIpc) is 3.24. The second-order valence-corrected chi connectivity index (χ2v) is 9.18. The molecule has 0 radical (unpaired) electrons. The monoisotopic (exact) mass is 369 g/mol. The first-order valence-corrected chi connectivity index (χ1v) is 10.3. The Morgan fingerprint density at radius 2 is 1.96 bits per heavy atom. The van der Waals surface area contributed by atoms with E-state index in [9.17, 15) is 18.3 Å². The van der Waals surface area contributed by atoms with Crippen LogP contribution < -0.4 is 0 Å². The highest BCUT2D eigenvalue weighted by Crippen LogP contribution is 2.32. The summed E-state index contributed by atoms with van der Waals surface area (Å²) in [6.07, 6.45) is 3.31. The van der Waals surface area contributed by atoms with Gasteiger partial charge in [-0.3, -0.25) is 0 Å². The fourth-order valence-electron chi connectivity index (χ4n) is 2.42. The number of sulfonamides is 1. The number of rotatable bonds is 5. The van der Waals surface area contributed by atoms with Gasteiger partial charge in [0.1, 0.15) is 4.21 Å². The van der Waals surface area contributed by atoms with Crippen LogP contribution in [0.5, 0.6) is 0 Å². The van der Waals surface area contributed by atoms with Crippen LogP contribution >= 0.6 is 22.7 Å². The summed E-state index contributed by atoms with van der Waals surface area (Å²) in [6, 6.07) is 4.89. The third kappa shape index (κ3) is 3.40. The van der Waals surface area contributed by atoms with Crippen LogP contribution in [0.3, 0.4) is 0 Å². The number of carboxylic acid groups (broad SMARTS) is 1. The van der Waals surface area contributed by atoms with Gasteiger partial charge in [-0.15, -0.1) is 11.3 Å². The van der Waals surface area contributed by atoms with E-state index in [2.05, 4.69) is 0 Å². The Kier molecular flexibility index (Phi) is 4.67. The van der Waals surface area contributed by atoms with E-state index in [1.165, 1.54) is 21.7 Å². The SMILES string of the molecule is O=C(O)/C(=C/c1ccsc1)c1ccc(S(=O)(=O)N2CCCC2)s1. The number of carboxylic acids is 1. The van der Waals surface area contributed by atoms with Crippen molar-refractivity contribution in [3.8, 4) is 0 Å². The summed E-state index contributed by atoms with van der Waals surface area (Å²) < 4.78 is 26.7. The van der Waals surface area contributed by atoms with Crippen molar-refractivity contribution in [2.24, 2.45) is 0 Å². The molecular weight excluding hydrogens is 354 g/mol. The second-order valence-electron chi connectivity index (χ2n) is 5.15. The molecule has 1 saturated heterocycles. The largest absolute Gasteiger partial charge is 0.478 e. The summed E-state index contributed by atoms with van der Waals surface area (Å²) >= 11 is 2.49. The van der Waals surface area contributed by atoms with Gasteiger partial charge in [0.15, 0.2) is 0 Å². The lowest BCUT2D eigenvalue weighted by Gasteiger charge is -2.13. The maximum absolute atomic E-state index is 12.5. The fourth-order valence-corrected chi connectivity index (χ4v) is 6.02. The van der Waals surface area contributed by atoms with Crippen molar-refractivity contribution >= 4 is 50.3 Å². The molecule has 1 N–H and O–H groups in total. The average molecular weight is 369 g/mol. The Balaban J connectivity index is 1.95. The molecule has 0 saturated carbocycles. The molecule has 3 heterocycles. The molecule has 0 aliphatic carbocycles. The minimum absolute atomic E-state index is 0.108. The van der Waals surface area contributed by atoms with Crippen molar-refractivity contribution in [2.45, 2.75) is 17.1 Å². The number of hydrogen-bond donors (Lipinski definition) is 1. The highest BCUT2D eigenvalue weighted by molar-refractivity contribution is 7.91. The molecule has 0 amide bonds. The van der Waals surface area contributed by atoms with Crippen LogP contribution in [-0.4, -0.2) is 36.9 Å². The van der Waals surface area contributed by atoms with E-state index in [1.54, 1.807) is 12.1 Å². The van der Waals surface area contributed by atoms with Crippen LogP contribution in [0.4, 0.5) is 0 Å². The van der Waals surface area contributed by atoms with E-state index < -0.39 is 16.0 Å². The third-order valence-electron chi connectivity index (χ3n) is 3.59. The molecule has 5 nitrogen and oxygen atoms in total. The summed E-state index contributed by atoms with van der Waals surface area (Å²) in [5.41, 5.74) is 0.904. The first-order chi connectivity index (χ1) is 11.0. The molecular formula is C15H15NO4S3. The molecule has 0 atom stereocenters. The highest BCUT2D eigenvalue weighted by Gasteiger charge is 2.29. The van der Waals surface area contributed by atoms with E-state index in [0.717, 1.165) is 29.7 Å². The minimum Gasteiger partial charge on any atom is -0.478 e. The van der Waals surface area contributed by atoms with Crippen molar-refractivity contribution in [1.82, 2.24) is 4.31 Å². The van der Waals surface area contributed by atoms with Crippen molar-refractivity contribution in [2.75, 3.05) is 13.1 Å². The Morgan fingerprint density at radius 3 is 2.57 bits per heavy atom. The standard InChI is InChI=1S/C15H15NO4S3/c17-15(18)12(9-11-5-8-21-10-11)13-3-4-14(22-13)23(19,20)16-6-1-2-7-16/h3-5,8-10H,1-2,6-7H2,(H,17,18)/b12-9+. The zero-order chi connectivity index (χ0) is 16.4. The molecule has 2 aromatic rings. The predicted octanol–water partition coefficient (Wildman–Crippen LogP) is 3.22. The van der Waals surface area contributed by atoms with E-state index in [1.807, 2.05) is 16.8 Å². The van der Waals surface area contributed by atoms with Gasteiger partial charge in [-0.25, -0.2) is 13.2 Å². The summed E-state index contributed by atoms with van der Waals surface area (Å²) in [4.78, 5) is 12.0. The van der Waals surface area contributed by atoms with Crippen LogP contribution in [0.15, 0.2) is 33.2 Å². The highest BCUT2D eigenvalue weighted by atomic mass is 32.2. The van der Waals surface area contributed by atoms with Gasteiger partial charge >= 0.3 is 5.97 Å². The van der Waals surface area contributed by atoms with Crippen LogP contribution in [-0.2, 0) is 14.8 Å². The predicted molar refractivity (Wildman–Crippen MR) is 92.1 cm³/mol. The number of carbonyl (C=O) groups is 1. The Morgan fingerprint density at radius 1 is 1.22 bits per heavy atom. The molecule has 3 rings (SSSR count). The smallest absolute Gasteiger partial charge is 0.337 e. The molecule has 1 aliphatic rings. The summed E-state index contributed by atoms with van der Waals surface area (Å²) in [5, 5.41) is 13.1. The zero-order valence-electron chi connectivity index (χ0n) is 12.1. The van der Waals surface area contributed by atoms with Gasteiger partial charge in [0.25, 0.3) is 10.0 Å². The lowest BCUT2D eigenvalue weighted by atomic mass is 10.1. The van der Waals surface area contributed by atoms with Gasteiger partial charge in [0.05, 0.1) is 5.57 Å². The van der Waals surface area contributed by atoms with Crippen molar-refractivity contribution < 1.29 is 18.3 Å². The first-order valence-electron chi connectivity index (χ1n) is 7.06. The molecule has 122 valence electrons. The fraction of sp³-hybridized carbons (Fsp3) is 0.267. The molecule has 0 aromatic carbocycles. The molecule has 1 fully saturated rings. The lowest BCUT2D eigenvalue weighted by Crippen LogP contribution is -2.27. The van der Waals surface area contributed by atoms with E-state index >= 15 is 0 Å². The Bertz CT molecular complexity index is 828. The van der Waals surface area contributed by atoms with Crippen LogP contribution in [0.2, 0.25) is 0 Å². The zero-order valence-corrected chi connectivity index (χ0v) is 14.6. The van der Waals surface area contributed by atoms with Crippen LogP contribution in [0.1, 0.15) is 23.3 Å². The van der Waals surface area contributed by atoms with Gasteiger partial charge in [-0.2, -0.15) is 15.6 Å². The number of nitrogens with zero attached hydrogens (tertiary/aromatic N) is 1.